The number of sulfonamides is 1. The van der Waals surface area contributed by atoms with Gasteiger partial charge in [-0.2, -0.15) is 0 Å². The third-order valence-corrected chi connectivity index (χ3v) is 8.89. The van der Waals surface area contributed by atoms with Crippen LogP contribution in [0.25, 0.3) is 0 Å². The molecule has 0 aliphatic heterocycles. The van der Waals surface area contributed by atoms with Gasteiger partial charge in [0, 0.05) is 22.6 Å². The number of para-hydroxylation sites is 1. The SMILES string of the molecule is CC[C@H](C)NC(=O)[C@H](C)N(Cc1ccc(Cl)cc1Cl)C(=O)CN(c1ccccc1F)S(=O)(=O)c1ccc(C)cc1. The number of hydrogen-bond acceptors (Lipinski definition) is 4. The predicted octanol–water partition coefficient (Wildman–Crippen LogP) is 5.97. The van der Waals surface area contributed by atoms with Crippen molar-refractivity contribution in [2.75, 3.05) is 10.8 Å². The number of carbonyl (C=O) groups excluding carboxylic acids is 2. The van der Waals surface area contributed by atoms with E-state index in [2.05, 4.69) is 5.32 Å². The van der Waals surface area contributed by atoms with Crippen LogP contribution in [0.4, 0.5) is 10.1 Å². The number of carbonyl (C=O) groups is 2. The number of hydrogen-bond donors (Lipinski definition) is 1. The lowest BCUT2D eigenvalue weighted by molar-refractivity contribution is -0.139. The summed E-state index contributed by atoms with van der Waals surface area (Å²) in [5, 5.41) is 3.52. The van der Waals surface area contributed by atoms with Crippen molar-refractivity contribution >= 4 is 50.7 Å². The molecule has 214 valence electrons. The van der Waals surface area contributed by atoms with Gasteiger partial charge in [-0.25, -0.2) is 12.8 Å². The highest BCUT2D eigenvalue weighted by Gasteiger charge is 2.34. The van der Waals surface area contributed by atoms with Gasteiger partial charge < -0.3 is 10.2 Å². The van der Waals surface area contributed by atoms with E-state index in [-0.39, 0.29) is 28.2 Å². The van der Waals surface area contributed by atoms with Crippen molar-refractivity contribution in [3.05, 3.63) is 93.7 Å². The molecule has 7 nitrogen and oxygen atoms in total. The minimum Gasteiger partial charge on any atom is -0.352 e. The van der Waals surface area contributed by atoms with Crippen LogP contribution in [-0.4, -0.2) is 43.8 Å². The number of anilines is 1. The van der Waals surface area contributed by atoms with Gasteiger partial charge in [0.15, 0.2) is 0 Å². The van der Waals surface area contributed by atoms with Gasteiger partial charge in [0.2, 0.25) is 11.8 Å². The van der Waals surface area contributed by atoms with Crippen LogP contribution in [0.3, 0.4) is 0 Å². The van der Waals surface area contributed by atoms with Crippen LogP contribution in [-0.2, 0) is 26.2 Å². The molecule has 0 radical (unpaired) electrons. The Kier molecular flexibility index (Phi) is 10.6. The summed E-state index contributed by atoms with van der Waals surface area (Å²) in [5.41, 5.74) is 1.04. The van der Waals surface area contributed by atoms with Crippen molar-refractivity contribution in [2.24, 2.45) is 0 Å². The van der Waals surface area contributed by atoms with E-state index in [4.69, 9.17) is 23.2 Å². The molecule has 3 aromatic rings. The second-order valence-corrected chi connectivity index (χ2v) is 12.2. The fourth-order valence-corrected chi connectivity index (χ4v) is 5.78. The van der Waals surface area contributed by atoms with Gasteiger partial charge >= 0.3 is 0 Å². The van der Waals surface area contributed by atoms with Crippen molar-refractivity contribution in [1.82, 2.24) is 10.2 Å². The molecule has 40 heavy (non-hydrogen) atoms. The number of rotatable bonds is 11. The molecular formula is C29H32Cl2FN3O4S. The van der Waals surface area contributed by atoms with Crippen LogP contribution in [0.15, 0.2) is 71.6 Å². The summed E-state index contributed by atoms with van der Waals surface area (Å²) >= 11 is 12.4. The minimum atomic E-state index is -4.38. The first kappa shape index (κ1) is 31.4. The third-order valence-electron chi connectivity index (χ3n) is 6.53. The van der Waals surface area contributed by atoms with Crippen molar-refractivity contribution in [3.63, 3.8) is 0 Å². The van der Waals surface area contributed by atoms with Crippen LogP contribution < -0.4 is 9.62 Å². The molecule has 0 aliphatic rings. The van der Waals surface area contributed by atoms with E-state index in [0.717, 1.165) is 15.9 Å². The minimum absolute atomic E-state index is 0.107. The van der Waals surface area contributed by atoms with Gasteiger partial charge in [-0.15, -0.1) is 0 Å². The third kappa shape index (κ3) is 7.53. The summed E-state index contributed by atoms with van der Waals surface area (Å²) < 4.78 is 43.2. The standard InChI is InChI=1S/C29H32Cl2FN3O4S/c1-5-20(3)33-29(37)21(4)34(17-22-12-13-23(30)16-25(22)31)28(36)18-35(27-9-7-6-8-26(27)32)40(38,39)24-14-10-19(2)11-15-24/h6-16,20-21H,5,17-18H2,1-4H3,(H,33,37)/t20-,21-/m0/s1. The number of benzene rings is 3. The first-order valence-electron chi connectivity index (χ1n) is 12.7. The average Bonchev–Trinajstić information content (AvgIpc) is 2.91. The lowest BCUT2D eigenvalue weighted by Gasteiger charge is -2.32. The average molecular weight is 609 g/mol. The summed E-state index contributed by atoms with van der Waals surface area (Å²) in [6.07, 6.45) is 0.672. The molecule has 2 atom stereocenters. The molecule has 2 amide bonds. The van der Waals surface area contributed by atoms with E-state index >= 15 is 0 Å². The van der Waals surface area contributed by atoms with Crippen molar-refractivity contribution in [3.8, 4) is 0 Å². The second kappa shape index (κ2) is 13.5. The van der Waals surface area contributed by atoms with Gasteiger partial charge in [0.1, 0.15) is 18.4 Å². The van der Waals surface area contributed by atoms with Crippen LogP contribution in [0.1, 0.15) is 38.3 Å². The van der Waals surface area contributed by atoms with Crippen molar-refractivity contribution < 1.29 is 22.4 Å². The Bertz CT molecular complexity index is 1470. The molecule has 3 rings (SSSR count). The zero-order valence-electron chi connectivity index (χ0n) is 22.7. The number of amides is 2. The van der Waals surface area contributed by atoms with Gasteiger partial charge in [-0.05, 0) is 69.2 Å². The molecule has 11 heteroatoms. The molecule has 0 aromatic heterocycles. The second-order valence-electron chi connectivity index (χ2n) is 9.53. The topological polar surface area (TPSA) is 86.8 Å². The quantitative estimate of drug-likeness (QED) is 0.291. The summed E-state index contributed by atoms with van der Waals surface area (Å²) in [4.78, 5) is 28.1. The fourth-order valence-electron chi connectivity index (χ4n) is 3.89. The van der Waals surface area contributed by atoms with Crippen LogP contribution >= 0.6 is 23.2 Å². The molecule has 0 saturated carbocycles. The normalized spacial score (nSPS) is 12.9. The molecule has 0 unspecified atom stereocenters. The molecule has 3 aromatic carbocycles. The predicted molar refractivity (Wildman–Crippen MR) is 156 cm³/mol. The maximum Gasteiger partial charge on any atom is 0.264 e. The first-order valence-corrected chi connectivity index (χ1v) is 14.9. The van der Waals surface area contributed by atoms with E-state index in [9.17, 15) is 22.4 Å². The summed E-state index contributed by atoms with van der Waals surface area (Å²) in [5.74, 6) is -1.97. The van der Waals surface area contributed by atoms with Crippen LogP contribution in [0, 0.1) is 12.7 Å². The Labute approximate surface area is 244 Å². The van der Waals surface area contributed by atoms with E-state index in [1.807, 2.05) is 13.8 Å². The Morgan fingerprint density at radius 1 is 1.00 bits per heavy atom. The fraction of sp³-hybridized carbons (Fsp3) is 0.310. The lowest BCUT2D eigenvalue weighted by atomic mass is 10.1. The Morgan fingerprint density at radius 2 is 1.65 bits per heavy atom. The maximum absolute atomic E-state index is 15.0. The summed E-state index contributed by atoms with van der Waals surface area (Å²) in [6.45, 7) is 6.22. The molecular weight excluding hydrogens is 576 g/mol. The molecule has 0 fully saturated rings. The summed E-state index contributed by atoms with van der Waals surface area (Å²) in [6, 6.07) is 14.9. The van der Waals surface area contributed by atoms with Crippen LogP contribution in [0.2, 0.25) is 10.0 Å². The van der Waals surface area contributed by atoms with Crippen molar-refractivity contribution in [2.45, 2.75) is 57.6 Å². The molecule has 0 aliphatic carbocycles. The van der Waals surface area contributed by atoms with Crippen LogP contribution in [0.5, 0.6) is 0 Å². The highest BCUT2D eigenvalue weighted by molar-refractivity contribution is 7.92. The first-order chi connectivity index (χ1) is 18.8. The number of halogens is 3. The largest absolute Gasteiger partial charge is 0.352 e. The van der Waals surface area contributed by atoms with E-state index in [0.29, 0.717) is 17.0 Å². The van der Waals surface area contributed by atoms with Gasteiger partial charge in [0.25, 0.3) is 10.0 Å². The summed E-state index contributed by atoms with van der Waals surface area (Å²) in [7, 11) is -4.38. The number of nitrogens with one attached hydrogen (secondary N) is 1. The molecule has 1 N–H and O–H groups in total. The molecule has 0 heterocycles. The van der Waals surface area contributed by atoms with E-state index in [1.165, 1.54) is 41.3 Å². The lowest BCUT2D eigenvalue weighted by Crippen LogP contribution is -2.52. The molecule has 0 spiro atoms. The Hall–Kier alpha value is -3.14. The van der Waals surface area contributed by atoms with E-state index < -0.39 is 40.2 Å². The molecule has 0 bridgehead atoms. The Morgan fingerprint density at radius 3 is 2.25 bits per heavy atom. The zero-order chi connectivity index (χ0) is 29.6. The number of nitrogens with zero attached hydrogens (tertiary/aromatic N) is 2. The number of aryl methyl sites for hydroxylation is 1. The monoisotopic (exact) mass is 607 g/mol. The van der Waals surface area contributed by atoms with Gasteiger partial charge in [-0.1, -0.05) is 66.0 Å². The van der Waals surface area contributed by atoms with E-state index in [1.54, 1.807) is 38.1 Å². The zero-order valence-corrected chi connectivity index (χ0v) is 25.0. The van der Waals surface area contributed by atoms with Gasteiger partial charge in [0.05, 0.1) is 10.6 Å². The Balaban J connectivity index is 2.06. The maximum atomic E-state index is 15.0. The van der Waals surface area contributed by atoms with Crippen molar-refractivity contribution in [1.29, 1.82) is 0 Å². The molecule has 0 saturated heterocycles. The highest BCUT2D eigenvalue weighted by Crippen LogP contribution is 2.28. The smallest absolute Gasteiger partial charge is 0.264 e. The highest BCUT2D eigenvalue weighted by atomic mass is 35.5. The van der Waals surface area contributed by atoms with Gasteiger partial charge in [-0.3, -0.25) is 13.9 Å².